The zero-order valence-electron chi connectivity index (χ0n) is 8.83. The molecule has 0 N–H and O–H groups in total. The second-order valence-electron chi connectivity index (χ2n) is 2.20. The molecule has 0 unspecified atom stereocenters. The van der Waals surface area contributed by atoms with Gasteiger partial charge in [0.1, 0.15) is 0 Å². The second-order valence-corrected chi connectivity index (χ2v) is 2.20. The predicted molar refractivity (Wildman–Crippen MR) is 60.9 cm³/mol. The molecule has 0 aromatic heterocycles. The molecule has 3 nitrogen and oxygen atoms in total. The van der Waals surface area contributed by atoms with E-state index in [1.807, 2.05) is 24.0 Å². The minimum Gasteiger partial charge on any atom is -0.493 e. The van der Waals surface area contributed by atoms with Crippen molar-refractivity contribution in [3.8, 4) is 17.2 Å². The van der Waals surface area contributed by atoms with Gasteiger partial charge < -0.3 is 14.2 Å². The summed E-state index contributed by atoms with van der Waals surface area (Å²) >= 11 is 2.94. The van der Waals surface area contributed by atoms with Gasteiger partial charge in [-0.2, -0.15) is 0 Å². The number of alkyl halides is 1. The summed E-state index contributed by atoms with van der Waals surface area (Å²) < 4.78 is 15.3. The van der Waals surface area contributed by atoms with E-state index < -0.39 is 0 Å². The Bertz CT molecular complexity index is 241. The molecule has 4 heteroatoms. The molecule has 0 saturated carbocycles. The summed E-state index contributed by atoms with van der Waals surface area (Å²) in [6.07, 6.45) is 0. The molecule has 1 rings (SSSR count). The zero-order valence-corrected chi connectivity index (χ0v) is 10.4. The minimum absolute atomic E-state index is 0.627. The van der Waals surface area contributed by atoms with E-state index in [4.69, 9.17) is 14.2 Å². The fourth-order valence-electron chi connectivity index (χ4n) is 1.02. The Hall–Kier alpha value is -0.900. The third-order valence-corrected chi connectivity index (χ3v) is 1.59. The van der Waals surface area contributed by atoms with Crippen molar-refractivity contribution in [1.82, 2.24) is 0 Å². The van der Waals surface area contributed by atoms with E-state index in [9.17, 15) is 0 Å². The number of para-hydroxylation sites is 1. The lowest BCUT2D eigenvalue weighted by molar-refractivity contribution is 0.324. The molecule has 1 aromatic rings. The summed E-state index contributed by atoms with van der Waals surface area (Å²) in [6, 6.07) is 5.49. The van der Waals surface area contributed by atoms with Crippen LogP contribution in [0.1, 0.15) is 0 Å². The van der Waals surface area contributed by atoms with Crippen LogP contribution in [0.4, 0.5) is 0 Å². The number of benzene rings is 1. The molecule has 0 spiro atoms. The van der Waals surface area contributed by atoms with Crippen molar-refractivity contribution in [2.75, 3.05) is 27.2 Å². The third kappa shape index (κ3) is 3.10. The van der Waals surface area contributed by atoms with Gasteiger partial charge in [0.15, 0.2) is 11.5 Å². The molecule has 1 aromatic carbocycles. The van der Waals surface area contributed by atoms with Crippen molar-refractivity contribution in [3.05, 3.63) is 18.2 Å². The van der Waals surface area contributed by atoms with Crippen molar-refractivity contribution >= 4 is 15.9 Å². The van der Waals surface area contributed by atoms with Gasteiger partial charge in [-0.15, -0.1) is 0 Å². The van der Waals surface area contributed by atoms with Gasteiger partial charge in [0, 0.05) is 0 Å². The van der Waals surface area contributed by atoms with E-state index >= 15 is 0 Å². The van der Waals surface area contributed by atoms with Gasteiger partial charge in [-0.05, 0) is 18.0 Å². The lowest BCUT2D eigenvalue weighted by Crippen LogP contribution is -1.93. The van der Waals surface area contributed by atoms with Crippen LogP contribution in [0.2, 0.25) is 0 Å². The maximum absolute atomic E-state index is 5.11. The van der Waals surface area contributed by atoms with Gasteiger partial charge in [0.05, 0.1) is 21.3 Å². The second kappa shape index (κ2) is 7.50. The Kier molecular flexibility index (Phi) is 7.02. The van der Waals surface area contributed by atoms with Crippen molar-refractivity contribution in [2.24, 2.45) is 0 Å². The molecule has 0 aliphatic rings. The van der Waals surface area contributed by atoms with Crippen LogP contribution in [-0.4, -0.2) is 27.2 Å². The SMILES string of the molecule is CBr.COc1cccc(OC)c1OC. The third-order valence-electron chi connectivity index (χ3n) is 1.59. The molecule has 0 aliphatic heterocycles. The predicted octanol–water partition coefficient (Wildman–Crippen LogP) is 2.72. The molecule has 0 atom stereocenters. The van der Waals surface area contributed by atoms with Crippen molar-refractivity contribution < 1.29 is 14.2 Å². The number of methoxy groups -OCH3 is 3. The first kappa shape index (κ1) is 13.1. The lowest BCUT2D eigenvalue weighted by atomic mass is 10.3. The van der Waals surface area contributed by atoms with Crippen LogP contribution in [0.25, 0.3) is 0 Å². The monoisotopic (exact) mass is 262 g/mol. The van der Waals surface area contributed by atoms with E-state index in [0.29, 0.717) is 17.2 Å². The highest BCUT2D eigenvalue weighted by atomic mass is 79.9. The molecule has 0 bridgehead atoms. The standard InChI is InChI=1S/C9H12O3.CH3Br/c1-10-7-5-4-6-8(11-2)9(7)12-3;1-2/h4-6H,1-3H3;1H3. The molecule has 0 saturated heterocycles. The van der Waals surface area contributed by atoms with E-state index in [-0.39, 0.29) is 0 Å². The topological polar surface area (TPSA) is 27.7 Å². The summed E-state index contributed by atoms with van der Waals surface area (Å²) in [4.78, 5) is 0. The summed E-state index contributed by atoms with van der Waals surface area (Å²) in [5.41, 5.74) is 0. The van der Waals surface area contributed by atoms with E-state index in [1.165, 1.54) is 0 Å². The fraction of sp³-hybridized carbons (Fsp3) is 0.400. The quantitative estimate of drug-likeness (QED) is 0.785. The average Bonchev–Trinajstić information content (AvgIpc) is 2.30. The maximum atomic E-state index is 5.11. The number of halogens is 1. The zero-order chi connectivity index (χ0) is 11.0. The van der Waals surface area contributed by atoms with Crippen molar-refractivity contribution in [2.45, 2.75) is 0 Å². The Morgan fingerprint density at radius 3 is 1.57 bits per heavy atom. The first-order chi connectivity index (χ1) is 6.83. The van der Waals surface area contributed by atoms with E-state index in [2.05, 4.69) is 15.9 Å². The van der Waals surface area contributed by atoms with Gasteiger partial charge in [-0.25, -0.2) is 0 Å². The Morgan fingerprint density at radius 2 is 1.29 bits per heavy atom. The van der Waals surface area contributed by atoms with Crippen LogP contribution in [0.3, 0.4) is 0 Å². The largest absolute Gasteiger partial charge is 0.493 e. The Labute approximate surface area is 93.1 Å². The number of rotatable bonds is 3. The Morgan fingerprint density at radius 1 is 0.857 bits per heavy atom. The Balaban J connectivity index is 0.000000791. The molecule has 0 radical (unpaired) electrons. The molecule has 14 heavy (non-hydrogen) atoms. The van der Waals surface area contributed by atoms with Gasteiger partial charge >= 0.3 is 0 Å². The molecule has 0 amide bonds. The highest BCUT2D eigenvalue weighted by Crippen LogP contribution is 2.35. The minimum atomic E-state index is 0.627. The average molecular weight is 263 g/mol. The number of hydrogen-bond donors (Lipinski definition) is 0. The van der Waals surface area contributed by atoms with Gasteiger partial charge in [0.2, 0.25) is 5.75 Å². The van der Waals surface area contributed by atoms with Crippen LogP contribution < -0.4 is 14.2 Å². The van der Waals surface area contributed by atoms with Crippen molar-refractivity contribution in [3.63, 3.8) is 0 Å². The maximum Gasteiger partial charge on any atom is 0.203 e. The molecular weight excluding hydrogens is 248 g/mol. The summed E-state index contributed by atoms with van der Waals surface area (Å²) in [5, 5.41) is 0. The molecule has 0 aliphatic carbocycles. The number of ether oxygens (including phenoxy) is 3. The number of hydrogen-bond acceptors (Lipinski definition) is 3. The van der Waals surface area contributed by atoms with Crippen LogP contribution in [0.5, 0.6) is 17.2 Å². The first-order valence-corrected chi connectivity index (χ1v) is 5.55. The van der Waals surface area contributed by atoms with Gasteiger partial charge in [0.25, 0.3) is 0 Å². The lowest BCUT2D eigenvalue weighted by Gasteiger charge is -2.10. The summed E-state index contributed by atoms with van der Waals surface area (Å²) in [6.45, 7) is 0. The van der Waals surface area contributed by atoms with E-state index in [0.717, 1.165) is 0 Å². The van der Waals surface area contributed by atoms with Crippen LogP contribution in [0.15, 0.2) is 18.2 Å². The van der Waals surface area contributed by atoms with Crippen molar-refractivity contribution in [1.29, 1.82) is 0 Å². The molecule has 0 fully saturated rings. The normalized spacial score (nSPS) is 8.36. The van der Waals surface area contributed by atoms with Crippen LogP contribution in [0, 0.1) is 0 Å². The summed E-state index contributed by atoms with van der Waals surface area (Å²) in [7, 11) is 4.77. The van der Waals surface area contributed by atoms with Gasteiger partial charge in [-0.1, -0.05) is 22.0 Å². The van der Waals surface area contributed by atoms with Crippen LogP contribution >= 0.6 is 15.9 Å². The molecule has 0 heterocycles. The van der Waals surface area contributed by atoms with Crippen LogP contribution in [-0.2, 0) is 0 Å². The molecule has 80 valence electrons. The smallest absolute Gasteiger partial charge is 0.203 e. The fourth-order valence-corrected chi connectivity index (χ4v) is 1.02. The van der Waals surface area contributed by atoms with Gasteiger partial charge in [-0.3, -0.25) is 0 Å². The highest BCUT2D eigenvalue weighted by Gasteiger charge is 2.08. The van der Waals surface area contributed by atoms with E-state index in [1.54, 1.807) is 21.3 Å². The first-order valence-electron chi connectivity index (χ1n) is 3.96. The molecular formula is C10H15BrO3. The highest BCUT2D eigenvalue weighted by molar-refractivity contribution is 9.08. The summed E-state index contributed by atoms with van der Waals surface area (Å²) in [5.74, 6) is 3.80.